The summed E-state index contributed by atoms with van der Waals surface area (Å²) < 4.78 is 0. The van der Waals surface area contributed by atoms with Gasteiger partial charge in [0.2, 0.25) is 0 Å². The van der Waals surface area contributed by atoms with Crippen LogP contribution in [0.3, 0.4) is 0 Å². The fourth-order valence-corrected chi connectivity index (χ4v) is 3.42. The number of H-pyrrole nitrogens is 1. The number of para-hydroxylation sites is 1. The molecule has 148 valence electrons. The highest BCUT2D eigenvalue weighted by atomic mass is 16.3. The third kappa shape index (κ3) is 4.93. The zero-order chi connectivity index (χ0) is 19.8. The number of fused-ring (bicyclic) bond motifs is 1. The average molecular weight is 379 g/mol. The summed E-state index contributed by atoms with van der Waals surface area (Å²) in [5.41, 5.74) is 4.90. The Kier molecular flexibility index (Phi) is 7.09. The predicted molar refractivity (Wildman–Crippen MR) is 117 cm³/mol. The van der Waals surface area contributed by atoms with Crippen LogP contribution in [0.4, 0.5) is 0 Å². The van der Waals surface area contributed by atoms with Crippen molar-refractivity contribution in [2.24, 2.45) is 4.99 Å². The molecule has 28 heavy (non-hydrogen) atoms. The van der Waals surface area contributed by atoms with E-state index in [2.05, 4.69) is 58.9 Å². The molecule has 0 saturated heterocycles. The number of aryl methyl sites for hydroxylation is 1. The zero-order valence-electron chi connectivity index (χ0n) is 16.7. The number of aliphatic hydroxyl groups is 1. The maximum atomic E-state index is 9.73. The first-order valence-electron chi connectivity index (χ1n) is 9.96. The minimum absolute atomic E-state index is 0.00764. The average Bonchev–Trinajstić information content (AvgIpc) is 3.14. The van der Waals surface area contributed by atoms with Gasteiger partial charge in [0.05, 0.1) is 13.2 Å². The molecule has 4 N–H and O–H groups in total. The monoisotopic (exact) mass is 378 g/mol. The van der Waals surface area contributed by atoms with Crippen molar-refractivity contribution < 1.29 is 5.11 Å². The Labute approximate surface area is 166 Å². The van der Waals surface area contributed by atoms with Gasteiger partial charge >= 0.3 is 0 Å². The predicted octanol–water partition coefficient (Wildman–Crippen LogP) is 3.35. The third-order valence-electron chi connectivity index (χ3n) is 5.00. The quantitative estimate of drug-likeness (QED) is 0.359. The van der Waals surface area contributed by atoms with E-state index in [0.29, 0.717) is 6.54 Å². The van der Waals surface area contributed by atoms with Gasteiger partial charge in [-0.1, -0.05) is 48.5 Å². The standard InChI is InChI=1S/C23H30N4O/c1-3-24-23(27-15-20(16-28)18-9-5-4-6-10-18)25-13-12-19-14-26-22-17(2)8-7-11-21(19)22/h4-11,14,20,26,28H,3,12-13,15-16H2,1-2H3,(H2,24,25,27). The van der Waals surface area contributed by atoms with Crippen LogP contribution in [0.1, 0.15) is 29.5 Å². The summed E-state index contributed by atoms with van der Waals surface area (Å²) in [5, 5.41) is 17.7. The van der Waals surface area contributed by atoms with E-state index in [1.807, 2.05) is 30.3 Å². The lowest BCUT2D eigenvalue weighted by molar-refractivity contribution is 0.268. The van der Waals surface area contributed by atoms with Crippen molar-refractivity contribution in [2.45, 2.75) is 26.2 Å². The van der Waals surface area contributed by atoms with E-state index in [1.165, 1.54) is 22.0 Å². The van der Waals surface area contributed by atoms with E-state index in [4.69, 9.17) is 0 Å². The van der Waals surface area contributed by atoms with Gasteiger partial charge in [-0.15, -0.1) is 0 Å². The van der Waals surface area contributed by atoms with Gasteiger partial charge in [0.1, 0.15) is 0 Å². The number of guanidine groups is 1. The highest BCUT2D eigenvalue weighted by Gasteiger charge is 2.10. The molecule has 1 unspecified atom stereocenters. The number of aromatic amines is 1. The smallest absolute Gasteiger partial charge is 0.191 e. The van der Waals surface area contributed by atoms with Gasteiger partial charge in [0.25, 0.3) is 0 Å². The van der Waals surface area contributed by atoms with Crippen molar-refractivity contribution in [1.29, 1.82) is 0 Å². The first-order valence-corrected chi connectivity index (χ1v) is 9.96. The van der Waals surface area contributed by atoms with Crippen molar-refractivity contribution in [3.63, 3.8) is 0 Å². The number of nitrogens with one attached hydrogen (secondary N) is 3. The van der Waals surface area contributed by atoms with Gasteiger partial charge < -0.3 is 20.7 Å². The van der Waals surface area contributed by atoms with Gasteiger partial charge in [-0.3, -0.25) is 4.99 Å². The molecule has 0 aliphatic rings. The molecule has 1 aromatic heterocycles. The van der Waals surface area contributed by atoms with E-state index in [9.17, 15) is 5.11 Å². The third-order valence-corrected chi connectivity index (χ3v) is 5.00. The molecule has 0 saturated carbocycles. The topological polar surface area (TPSA) is 72.4 Å². The molecule has 0 radical (unpaired) electrons. The highest BCUT2D eigenvalue weighted by molar-refractivity contribution is 5.86. The second-order valence-corrected chi connectivity index (χ2v) is 7.00. The first kappa shape index (κ1) is 20.0. The van der Waals surface area contributed by atoms with Crippen LogP contribution in [-0.4, -0.2) is 42.3 Å². The van der Waals surface area contributed by atoms with E-state index >= 15 is 0 Å². The Bertz CT molecular complexity index is 901. The van der Waals surface area contributed by atoms with Crippen molar-refractivity contribution in [3.05, 3.63) is 71.4 Å². The van der Waals surface area contributed by atoms with Crippen LogP contribution in [0.2, 0.25) is 0 Å². The largest absolute Gasteiger partial charge is 0.396 e. The Balaban J connectivity index is 1.60. The number of benzene rings is 2. The molecule has 3 aromatic rings. The lowest BCUT2D eigenvalue weighted by Gasteiger charge is -2.15. The van der Waals surface area contributed by atoms with Crippen LogP contribution in [0, 0.1) is 6.92 Å². The molecular formula is C23H30N4O. The molecular weight excluding hydrogens is 348 g/mol. The molecule has 3 rings (SSSR count). The molecule has 0 fully saturated rings. The fraction of sp³-hybridized carbons (Fsp3) is 0.348. The lowest BCUT2D eigenvalue weighted by Crippen LogP contribution is -2.38. The van der Waals surface area contributed by atoms with Crippen LogP contribution < -0.4 is 10.6 Å². The number of rotatable bonds is 8. The second kappa shape index (κ2) is 9.95. The molecule has 1 heterocycles. The molecule has 0 amide bonds. The van der Waals surface area contributed by atoms with Gasteiger partial charge in [0.15, 0.2) is 5.96 Å². The summed E-state index contributed by atoms with van der Waals surface area (Å²) in [7, 11) is 0. The van der Waals surface area contributed by atoms with E-state index in [-0.39, 0.29) is 12.5 Å². The van der Waals surface area contributed by atoms with Crippen LogP contribution in [0.15, 0.2) is 59.7 Å². The Hall–Kier alpha value is -2.79. The number of nitrogens with zero attached hydrogens (tertiary/aromatic N) is 1. The van der Waals surface area contributed by atoms with Crippen LogP contribution in [0.5, 0.6) is 0 Å². The zero-order valence-corrected chi connectivity index (χ0v) is 16.7. The number of aromatic nitrogens is 1. The van der Waals surface area contributed by atoms with E-state index in [0.717, 1.165) is 31.0 Å². The molecule has 5 heteroatoms. The maximum absolute atomic E-state index is 9.73. The summed E-state index contributed by atoms with van der Waals surface area (Å²) in [6, 6.07) is 16.4. The van der Waals surface area contributed by atoms with Crippen LogP contribution in [-0.2, 0) is 6.42 Å². The SMILES string of the molecule is CCNC(=NCC(CO)c1ccccc1)NCCc1c[nH]c2c(C)cccc12. The maximum Gasteiger partial charge on any atom is 0.191 e. The summed E-state index contributed by atoms with van der Waals surface area (Å²) in [6.45, 7) is 6.40. The van der Waals surface area contributed by atoms with Crippen LogP contribution in [0.25, 0.3) is 10.9 Å². The van der Waals surface area contributed by atoms with Crippen molar-refractivity contribution in [2.75, 3.05) is 26.2 Å². The van der Waals surface area contributed by atoms with E-state index in [1.54, 1.807) is 0 Å². The normalized spacial score (nSPS) is 12.9. The van der Waals surface area contributed by atoms with Gasteiger partial charge in [0, 0.05) is 36.1 Å². The van der Waals surface area contributed by atoms with Crippen molar-refractivity contribution in [3.8, 4) is 0 Å². The summed E-state index contributed by atoms with van der Waals surface area (Å²) >= 11 is 0. The molecule has 5 nitrogen and oxygen atoms in total. The van der Waals surface area contributed by atoms with Gasteiger partial charge in [-0.2, -0.15) is 0 Å². The summed E-state index contributed by atoms with van der Waals surface area (Å²) in [4.78, 5) is 8.07. The van der Waals surface area contributed by atoms with Crippen molar-refractivity contribution in [1.82, 2.24) is 15.6 Å². The minimum Gasteiger partial charge on any atom is -0.396 e. The van der Waals surface area contributed by atoms with Gasteiger partial charge in [-0.05, 0) is 37.0 Å². The van der Waals surface area contributed by atoms with Gasteiger partial charge in [-0.25, -0.2) is 0 Å². The molecule has 0 aliphatic carbocycles. The minimum atomic E-state index is 0.00764. The Morgan fingerprint density at radius 3 is 2.68 bits per heavy atom. The molecule has 0 bridgehead atoms. The second-order valence-electron chi connectivity index (χ2n) is 7.00. The number of hydrogen-bond acceptors (Lipinski definition) is 2. The summed E-state index contributed by atoms with van der Waals surface area (Å²) in [6.07, 6.45) is 3.01. The van der Waals surface area contributed by atoms with Crippen molar-refractivity contribution >= 4 is 16.9 Å². The molecule has 2 aromatic carbocycles. The Morgan fingerprint density at radius 2 is 1.93 bits per heavy atom. The number of hydrogen-bond donors (Lipinski definition) is 4. The molecule has 0 spiro atoms. The number of aliphatic imine (C=N–C) groups is 1. The van der Waals surface area contributed by atoms with E-state index < -0.39 is 0 Å². The molecule has 0 aliphatic heterocycles. The number of aliphatic hydroxyl groups excluding tert-OH is 1. The highest BCUT2D eigenvalue weighted by Crippen LogP contribution is 2.21. The van der Waals surface area contributed by atoms with Crippen LogP contribution >= 0.6 is 0 Å². The molecule has 1 atom stereocenters. The Morgan fingerprint density at radius 1 is 1.11 bits per heavy atom. The first-order chi connectivity index (χ1) is 13.7. The lowest BCUT2D eigenvalue weighted by atomic mass is 10.0. The fourth-order valence-electron chi connectivity index (χ4n) is 3.42. The summed E-state index contributed by atoms with van der Waals surface area (Å²) in [5.74, 6) is 0.793.